The summed E-state index contributed by atoms with van der Waals surface area (Å²) in [5.41, 5.74) is 0.787. The molecule has 1 aromatic rings. The number of alkyl halides is 2. The highest BCUT2D eigenvalue weighted by atomic mass is 32.2. The van der Waals surface area contributed by atoms with Crippen molar-refractivity contribution in [2.75, 3.05) is 5.75 Å². The molecule has 0 nitrogen and oxygen atoms in total. The van der Waals surface area contributed by atoms with Crippen LogP contribution < -0.4 is 0 Å². The Morgan fingerprint density at radius 1 is 1.23 bits per heavy atom. The molecule has 0 saturated carbocycles. The molecule has 3 heteroatoms. The minimum absolute atomic E-state index is 0.00759. The molecule has 0 radical (unpaired) electrons. The lowest BCUT2D eigenvalue weighted by molar-refractivity contribution is -0.000687. The molecule has 1 heterocycles. The number of hydrogen-bond donors (Lipinski definition) is 0. The first-order valence-corrected chi connectivity index (χ1v) is 5.24. The summed E-state index contributed by atoms with van der Waals surface area (Å²) >= 11 is 1.53. The van der Waals surface area contributed by atoms with Gasteiger partial charge in [-0.25, -0.2) is 8.78 Å². The Balaban J connectivity index is 2.34. The van der Waals surface area contributed by atoms with Crippen molar-refractivity contribution in [1.82, 2.24) is 0 Å². The lowest BCUT2D eigenvalue weighted by Crippen LogP contribution is -2.18. The quantitative estimate of drug-likeness (QED) is 0.618. The van der Waals surface area contributed by atoms with E-state index in [-0.39, 0.29) is 12.8 Å². The first-order chi connectivity index (χ1) is 6.17. The van der Waals surface area contributed by atoms with Gasteiger partial charge in [-0.1, -0.05) is 18.2 Å². The second-order valence-corrected chi connectivity index (χ2v) is 4.38. The summed E-state index contributed by atoms with van der Waals surface area (Å²) in [7, 11) is 0. The van der Waals surface area contributed by atoms with Crippen LogP contribution in [0.15, 0.2) is 29.2 Å². The zero-order valence-corrected chi connectivity index (χ0v) is 7.91. The van der Waals surface area contributed by atoms with E-state index in [0.29, 0.717) is 5.75 Å². The molecule has 0 spiro atoms. The van der Waals surface area contributed by atoms with Gasteiger partial charge < -0.3 is 0 Å². The van der Waals surface area contributed by atoms with E-state index in [1.165, 1.54) is 11.8 Å². The number of halogens is 2. The SMILES string of the molecule is FC1(F)CCSc2ccccc2C1. The Kier molecular flexibility index (Phi) is 2.28. The molecule has 0 N–H and O–H groups in total. The van der Waals surface area contributed by atoms with Crippen LogP contribution in [0.5, 0.6) is 0 Å². The van der Waals surface area contributed by atoms with E-state index in [9.17, 15) is 8.78 Å². The van der Waals surface area contributed by atoms with E-state index in [1.807, 2.05) is 18.2 Å². The van der Waals surface area contributed by atoms with Gasteiger partial charge in [0.1, 0.15) is 0 Å². The molecule has 0 bridgehead atoms. The molecule has 2 rings (SSSR count). The Morgan fingerprint density at radius 3 is 2.85 bits per heavy atom. The van der Waals surface area contributed by atoms with E-state index in [1.54, 1.807) is 6.07 Å². The highest BCUT2D eigenvalue weighted by Crippen LogP contribution is 2.35. The number of fused-ring (bicyclic) bond motifs is 1. The molecule has 1 aliphatic heterocycles. The minimum Gasteiger partial charge on any atom is -0.206 e. The molecule has 0 saturated heterocycles. The van der Waals surface area contributed by atoms with Crippen LogP contribution in [0.2, 0.25) is 0 Å². The van der Waals surface area contributed by atoms with Crippen LogP contribution in [0.4, 0.5) is 8.78 Å². The van der Waals surface area contributed by atoms with Gasteiger partial charge in [0.15, 0.2) is 0 Å². The third kappa shape index (κ3) is 2.02. The van der Waals surface area contributed by atoms with Crippen molar-refractivity contribution >= 4 is 11.8 Å². The largest absolute Gasteiger partial charge is 0.252 e. The van der Waals surface area contributed by atoms with Crippen LogP contribution in [-0.4, -0.2) is 11.7 Å². The molecule has 1 aromatic carbocycles. The van der Waals surface area contributed by atoms with Crippen molar-refractivity contribution in [3.63, 3.8) is 0 Å². The molecule has 13 heavy (non-hydrogen) atoms. The summed E-state index contributed by atoms with van der Waals surface area (Å²) in [6, 6.07) is 7.43. The zero-order chi connectivity index (χ0) is 9.31. The molecule has 0 amide bonds. The van der Waals surface area contributed by atoms with E-state index in [0.717, 1.165) is 10.5 Å². The highest BCUT2D eigenvalue weighted by molar-refractivity contribution is 7.99. The fourth-order valence-electron chi connectivity index (χ4n) is 1.47. The Morgan fingerprint density at radius 2 is 2.00 bits per heavy atom. The summed E-state index contributed by atoms with van der Waals surface area (Å²) in [5, 5.41) is 0. The van der Waals surface area contributed by atoms with Crippen LogP contribution in [0.25, 0.3) is 0 Å². The van der Waals surface area contributed by atoms with Crippen molar-refractivity contribution in [2.24, 2.45) is 0 Å². The van der Waals surface area contributed by atoms with E-state index in [4.69, 9.17) is 0 Å². The van der Waals surface area contributed by atoms with Gasteiger partial charge in [0.2, 0.25) is 0 Å². The van der Waals surface area contributed by atoms with E-state index >= 15 is 0 Å². The van der Waals surface area contributed by atoms with Gasteiger partial charge in [-0.15, -0.1) is 11.8 Å². The third-order valence-electron chi connectivity index (χ3n) is 2.15. The van der Waals surface area contributed by atoms with Gasteiger partial charge in [-0.2, -0.15) is 0 Å². The summed E-state index contributed by atoms with van der Waals surface area (Å²) < 4.78 is 26.3. The maximum Gasteiger partial charge on any atom is 0.252 e. The fraction of sp³-hybridized carbons (Fsp3) is 0.400. The molecular weight excluding hydrogens is 190 g/mol. The molecule has 1 aliphatic rings. The van der Waals surface area contributed by atoms with Crippen molar-refractivity contribution in [1.29, 1.82) is 0 Å². The first kappa shape index (κ1) is 9.00. The zero-order valence-electron chi connectivity index (χ0n) is 7.09. The average Bonchev–Trinajstić information content (AvgIpc) is 2.21. The standard InChI is InChI=1S/C10H10F2S/c11-10(12)5-6-13-9-4-2-1-3-8(9)7-10/h1-4H,5-7H2. The molecule has 0 aromatic heterocycles. The Hall–Kier alpha value is -0.570. The van der Waals surface area contributed by atoms with E-state index < -0.39 is 5.92 Å². The molecule has 0 aliphatic carbocycles. The summed E-state index contributed by atoms with van der Waals surface area (Å²) in [6.45, 7) is 0. The number of rotatable bonds is 0. The van der Waals surface area contributed by atoms with Gasteiger partial charge in [0.05, 0.1) is 0 Å². The first-order valence-electron chi connectivity index (χ1n) is 4.26. The van der Waals surface area contributed by atoms with Crippen LogP contribution in [-0.2, 0) is 6.42 Å². The van der Waals surface area contributed by atoms with E-state index in [2.05, 4.69) is 0 Å². The molecule has 0 atom stereocenters. The highest BCUT2D eigenvalue weighted by Gasteiger charge is 2.31. The van der Waals surface area contributed by atoms with Crippen molar-refractivity contribution in [3.8, 4) is 0 Å². The van der Waals surface area contributed by atoms with Crippen LogP contribution in [0.3, 0.4) is 0 Å². The Labute approximate surface area is 80.3 Å². The third-order valence-corrected chi connectivity index (χ3v) is 3.26. The van der Waals surface area contributed by atoms with Gasteiger partial charge in [0, 0.05) is 23.5 Å². The lowest BCUT2D eigenvalue weighted by atomic mass is 10.1. The molecule has 70 valence electrons. The Bertz CT molecular complexity index is 310. The summed E-state index contributed by atoms with van der Waals surface area (Å²) in [4.78, 5) is 1.01. The van der Waals surface area contributed by atoms with Crippen molar-refractivity contribution in [2.45, 2.75) is 23.7 Å². The number of thioether (sulfide) groups is 1. The van der Waals surface area contributed by atoms with Crippen LogP contribution in [0, 0.1) is 0 Å². The van der Waals surface area contributed by atoms with Gasteiger partial charge in [0.25, 0.3) is 5.92 Å². The predicted octanol–water partition coefficient (Wildman–Crippen LogP) is 3.36. The summed E-state index contributed by atoms with van der Waals surface area (Å²) in [6.07, 6.45) is -0.109. The second-order valence-electron chi connectivity index (χ2n) is 3.24. The maximum atomic E-state index is 13.1. The van der Waals surface area contributed by atoms with Crippen molar-refractivity contribution < 1.29 is 8.78 Å². The number of hydrogen-bond acceptors (Lipinski definition) is 1. The number of benzene rings is 1. The van der Waals surface area contributed by atoms with Gasteiger partial charge in [-0.3, -0.25) is 0 Å². The summed E-state index contributed by atoms with van der Waals surface area (Å²) in [5.74, 6) is -2.00. The predicted molar refractivity (Wildman–Crippen MR) is 50.4 cm³/mol. The van der Waals surface area contributed by atoms with Crippen LogP contribution in [0.1, 0.15) is 12.0 Å². The van der Waals surface area contributed by atoms with Gasteiger partial charge in [-0.05, 0) is 11.6 Å². The second kappa shape index (κ2) is 3.29. The van der Waals surface area contributed by atoms with Crippen molar-refractivity contribution in [3.05, 3.63) is 29.8 Å². The molecule has 0 fully saturated rings. The fourth-order valence-corrected chi connectivity index (χ4v) is 2.59. The molecular formula is C10H10F2S. The normalized spacial score (nSPS) is 20.5. The molecule has 0 unspecified atom stereocenters. The smallest absolute Gasteiger partial charge is 0.206 e. The average molecular weight is 200 g/mol. The topological polar surface area (TPSA) is 0 Å². The van der Waals surface area contributed by atoms with Gasteiger partial charge >= 0.3 is 0 Å². The minimum atomic E-state index is -2.51. The monoisotopic (exact) mass is 200 g/mol. The maximum absolute atomic E-state index is 13.1. The lowest BCUT2D eigenvalue weighted by Gasteiger charge is -2.12. The van der Waals surface area contributed by atoms with Crippen LogP contribution >= 0.6 is 11.8 Å².